The SMILES string of the molecule is CN[C@@H](C)C(=O)N[C@H](C(=O)NCC(=O)N1C=CN(Cc2ccc(Cl)cc2)C(=O)C1)C1CCCCC1. The molecule has 0 radical (unpaired) electrons. The van der Waals surface area contributed by atoms with Crippen LogP contribution in [-0.2, 0) is 25.7 Å². The first-order chi connectivity index (χ1) is 16.8. The molecule has 1 fully saturated rings. The molecule has 0 spiro atoms. The summed E-state index contributed by atoms with van der Waals surface area (Å²) in [4.78, 5) is 53.5. The molecule has 1 aromatic carbocycles. The summed E-state index contributed by atoms with van der Waals surface area (Å²) >= 11 is 5.91. The van der Waals surface area contributed by atoms with Gasteiger partial charge in [-0.05, 0) is 50.4 Å². The number of nitrogens with one attached hydrogen (secondary N) is 3. The van der Waals surface area contributed by atoms with Gasteiger partial charge in [0.2, 0.25) is 23.6 Å². The predicted molar refractivity (Wildman–Crippen MR) is 133 cm³/mol. The van der Waals surface area contributed by atoms with E-state index in [1.54, 1.807) is 38.5 Å². The van der Waals surface area contributed by atoms with Crippen molar-refractivity contribution in [3.8, 4) is 0 Å². The second kappa shape index (κ2) is 12.7. The molecular weight excluding hydrogens is 470 g/mol. The maximum atomic E-state index is 13.0. The molecule has 3 N–H and O–H groups in total. The smallest absolute Gasteiger partial charge is 0.246 e. The summed E-state index contributed by atoms with van der Waals surface area (Å²) in [6, 6.07) is 6.08. The molecule has 0 unspecified atom stereocenters. The number of amides is 4. The van der Waals surface area contributed by atoms with Gasteiger partial charge in [0.05, 0.1) is 19.1 Å². The zero-order valence-corrected chi connectivity index (χ0v) is 21.0. The Hall–Kier alpha value is -2.91. The normalized spacial score (nSPS) is 18.2. The van der Waals surface area contributed by atoms with Crippen molar-refractivity contribution in [2.24, 2.45) is 5.92 Å². The Morgan fingerprint density at radius 2 is 1.74 bits per heavy atom. The third-order valence-electron chi connectivity index (χ3n) is 6.58. The number of carbonyl (C=O) groups excluding carboxylic acids is 4. The molecule has 1 heterocycles. The predicted octanol–water partition coefficient (Wildman–Crippen LogP) is 1.77. The highest BCUT2D eigenvalue weighted by Gasteiger charge is 2.32. The van der Waals surface area contributed by atoms with Crippen LogP contribution in [0.2, 0.25) is 5.02 Å². The van der Waals surface area contributed by atoms with Crippen molar-refractivity contribution < 1.29 is 19.2 Å². The number of nitrogens with zero attached hydrogens (tertiary/aromatic N) is 2. The van der Waals surface area contributed by atoms with Gasteiger partial charge in [0.15, 0.2) is 0 Å². The van der Waals surface area contributed by atoms with Crippen molar-refractivity contribution in [2.75, 3.05) is 20.1 Å². The molecule has 3 rings (SSSR count). The number of hydrogen-bond acceptors (Lipinski definition) is 5. The molecule has 2 atom stereocenters. The van der Waals surface area contributed by atoms with Gasteiger partial charge in [-0.2, -0.15) is 0 Å². The molecule has 0 saturated heterocycles. The number of halogens is 1. The van der Waals surface area contributed by atoms with Crippen LogP contribution in [-0.4, -0.2) is 65.6 Å². The highest BCUT2D eigenvalue weighted by atomic mass is 35.5. The molecule has 4 amide bonds. The zero-order chi connectivity index (χ0) is 25.4. The van der Waals surface area contributed by atoms with Crippen LogP contribution in [0.5, 0.6) is 0 Å². The maximum Gasteiger partial charge on any atom is 0.246 e. The zero-order valence-electron chi connectivity index (χ0n) is 20.3. The first kappa shape index (κ1) is 26.7. The fourth-order valence-electron chi connectivity index (χ4n) is 4.28. The summed E-state index contributed by atoms with van der Waals surface area (Å²) in [7, 11) is 1.68. The van der Waals surface area contributed by atoms with Gasteiger partial charge in [0.1, 0.15) is 12.6 Å². The molecule has 190 valence electrons. The van der Waals surface area contributed by atoms with E-state index in [1.807, 2.05) is 12.1 Å². The molecule has 10 heteroatoms. The quantitative estimate of drug-likeness (QED) is 0.475. The van der Waals surface area contributed by atoms with Crippen LogP contribution in [0.4, 0.5) is 0 Å². The lowest BCUT2D eigenvalue weighted by Crippen LogP contribution is -2.56. The third kappa shape index (κ3) is 7.53. The molecule has 1 saturated carbocycles. The van der Waals surface area contributed by atoms with Crippen LogP contribution in [0.1, 0.15) is 44.6 Å². The van der Waals surface area contributed by atoms with Crippen molar-refractivity contribution in [1.29, 1.82) is 0 Å². The number of carbonyl (C=O) groups is 4. The number of benzene rings is 1. The number of likely N-dealkylation sites (N-methyl/N-ethyl adjacent to an activating group) is 1. The lowest BCUT2D eigenvalue weighted by atomic mass is 9.83. The summed E-state index contributed by atoms with van der Waals surface area (Å²) in [6.07, 6.45) is 7.95. The van der Waals surface area contributed by atoms with E-state index in [1.165, 1.54) is 9.80 Å². The second-order valence-electron chi connectivity index (χ2n) is 9.08. The highest BCUT2D eigenvalue weighted by Crippen LogP contribution is 2.26. The fourth-order valence-corrected chi connectivity index (χ4v) is 4.41. The summed E-state index contributed by atoms with van der Waals surface area (Å²) in [6.45, 7) is 1.74. The van der Waals surface area contributed by atoms with E-state index in [-0.39, 0.29) is 36.7 Å². The molecule has 1 aromatic rings. The summed E-state index contributed by atoms with van der Waals surface area (Å²) in [5.41, 5.74) is 0.919. The third-order valence-corrected chi connectivity index (χ3v) is 6.83. The fraction of sp³-hybridized carbons (Fsp3) is 0.520. The molecule has 0 bridgehead atoms. The van der Waals surface area contributed by atoms with Gasteiger partial charge in [-0.25, -0.2) is 0 Å². The highest BCUT2D eigenvalue weighted by molar-refractivity contribution is 6.30. The van der Waals surface area contributed by atoms with Crippen LogP contribution in [0.3, 0.4) is 0 Å². The van der Waals surface area contributed by atoms with Gasteiger partial charge < -0.3 is 25.8 Å². The van der Waals surface area contributed by atoms with E-state index >= 15 is 0 Å². The Morgan fingerprint density at radius 1 is 1.06 bits per heavy atom. The topological polar surface area (TPSA) is 111 Å². The van der Waals surface area contributed by atoms with Crippen molar-refractivity contribution >= 4 is 35.2 Å². The molecule has 35 heavy (non-hydrogen) atoms. The minimum Gasteiger partial charge on any atom is -0.345 e. The van der Waals surface area contributed by atoms with E-state index < -0.39 is 18.0 Å². The van der Waals surface area contributed by atoms with E-state index in [0.717, 1.165) is 37.7 Å². The van der Waals surface area contributed by atoms with Crippen LogP contribution in [0.15, 0.2) is 36.7 Å². The average Bonchev–Trinajstić information content (AvgIpc) is 2.87. The first-order valence-corrected chi connectivity index (χ1v) is 12.4. The Morgan fingerprint density at radius 3 is 2.37 bits per heavy atom. The largest absolute Gasteiger partial charge is 0.345 e. The lowest BCUT2D eigenvalue weighted by Gasteiger charge is -2.31. The summed E-state index contributed by atoms with van der Waals surface area (Å²) in [5, 5.41) is 9.03. The molecule has 9 nitrogen and oxygen atoms in total. The van der Waals surface area contributed by atoms with Crippen molar-refractivity contribution in [2.45, 2.75) is 57.7 Å². The van der Waals surface area contributed by atoms with Crippen molar-refractivity contribution in [1.82, 2.24) is 25.8 Å². The van der Waals surface area contributed by atoms with Crippen LogP contribution < -0.4 is 16.0 Å². The van der Waals surface area contributed by atoms with Crippen LogP contribution in [0.25, 0.3) is 0 Å². The van der Waals surface area contributed by atoms with E-state index in [4.69, 9.17) is 11.6 Å². The second-order valence-corrected chi connectivity index (χ2v) is 9.52. The van der Waals surface area contributed by atoms with Crippen molar-refractivity contribution in [3.63, 3.8) is 0 Å². The van der Waals surface area contributed by atoms with Gasteiger partial charge >= 0.3 is 0 Å². The van der Waals surface area contributed by atoms with E-state index in [9.17, 15) is 19.2 Å². The molecule has 2 aliphatic rings. The molecule has 0 aromatic heterocycles. The van der Waals surface area contributed by atoms with Gasteiger partial charge in [-0.15, -0.1) is 0 Å². The van der Waals surface area contributed by atoms with Crippen LogP contribution in [0, 0.1) is 5.92 Å². The minimum absolute atomic E-state index is 0.0322. The Labute approximate surface area is 211 Å². The van der Waals surface area contributed by atoms with Crippen molar-refractivity contribution in [3.05, 3.63) is 47.3 Å². The van der Waals surface area contributed by atoms with Gasteiger partial charge in [-0.1, -0.05) is 43.0 Å². The number of rotatable bonds is 9. The minimum atomic E-state index is -0.695. The maximum absolute atomic E-state index is 13.0. The first-order valence-electron chi connectivity index (χ1n) is 12.1. The molecular formula is C25H34ClN5O4. The van der Waals surface area contributed by atoms with Gasteiger partial charge in [0, 0.05) is 17.4 Å². The number of hydrogen-bond donors (Lipinski definition) is 3. The summed E-state index contributed by atoms with van der Waals surface area (Å²) < 4.78 is 0. The Kier molecular flexibility index (Phi) is 9.68. The Balaban J connectivity index is 1.56. The lowest BCUT2D eigenvalue weighted by molar-refractivity contribution is -0.139. The van der Waals surface area contributed by atoms with Gasteiger partial charge in [-0.3, -0.25) is 19.2 Å². The monoisotopic (exact) mass is 503 g/mol. The standard InChI is InChI=1S/C25H34ClN5O4/c1-17(27-2)24(34)29-23(19-6-4-3-5-7-19)25(35)28-14-21(32)31-13-12-30(22(33)16-31)15-18-8-10-20(26)11-9-18/h8-13,17,19,23,27H,3-7,14-16H2,1-2H3,(H,28,35)(H,29,34)/t17-,23-/m0/s1. The molecule has 1 aliphatic carbocycles. The molecule has 1 aliphatic heterocycles. The average molecular weight is 504 g/mol. The van der Waals surface area contributed by atoms with Crippen LogP contribution >= 0.6 is 11.6 Å². The van der Waals surface area contributed by atoms with E-state index in [2.05, 4.69) is 16.0 Å². The van der Waals surface area contributed by atoms with E-state index in [0.29, 0.717) is 11.6 Å². The van der Waals surface area contributed by atoms with Gasteiger partial charge in [0.25, 0.3) is 0 Å². The summed E-state index contributed by atoms with van der Waals surface area (Å²) in [5.74, 6) is -1.22. The Bertz CT molecular complexity index is 946.